The standard InChI is InChI=1S/C19H26BrN3O/c1-4-6-7-15-8-9-17(16(5-2)12-15)24-11-10-21-19-18(20)14(3)22-13-23-19/h8-9,12-13H,4-7,10-11H2,1-3H3,(H,21,22,23). The summed E-state index contributed by atoms with van der Waals surface area (Å²) < 4.78 is 6.86. The molecule has 1 aromatic heterocycles. The summed E-state index contributed by atoms with van der Waals surface area (Å²) in [6.07, 6.45) is 6.16. The number of nitrogens with one attached hydrogen (secondary N) is 1. The molecule has 0 aliphatic rings. The average molecular weight is 392 g/mol. The normalized spacial score (nSPS) is 10.7. The zero-order chi connectivity index (χ0) is 17.4. The molecule has 0 aliphatic carbocycles. The van der Waals surface area contributed by atoms with Gasteiger partial charge in [0.2, 0.25) is 0 Å². The first-order chi connectivity index (χ1) is 11.7. The average Bonchev–Trinajstić information content (AvgIpc) is 2.60. The molecule has 130 valence electrons. The third-order valence-electron chi connectivity index (χ3n) is 3.94. The molecule has 0 fully saturated rings. The first kappa shape index (κ1) is 18.7. The van der Waals surface area contributed by atoms with Crippen LogP contribution in [-0.2, 0) is 12.8 Å². The van der Waals surface area contributed by atoms with E-state index in [9.17, 15) is 0 Å². The van der Waals surface area contributed by atoms with E-state index in [0.29, 0.717) is 13.2 Å². The van der Waals surface area contributed by atoms with E-state index in [-0.39, 0.29) is 0 Å². The molecule has 2 aromatic rings. The van der Waals surface area contributed by atoms with Gasteiger partial charge in [-0.3, -0.25) is 0 Å². The summed E-state index contributed by atoms with van der Waals surface area (Å²) in [6.45, 7) is 7.63. The molecule has 0 unspecified atom stereocenters. The van der Waals surface area contributed by atoms with Gasteiger partial charge in [0.25, 0.3) is 0 Å². The van der Waals surface area contributed by atoms with Gasteiger partial charge in [-0.15, -0.1) is 0 Å². The zero-order valence-corrected chi connectivity index (χ0v) is 16.3. The first-order valence-corrected chi connectivity index (χ1v) is 9.40. The lowest BCUT2D eigenvalue weighted by Gasteiger charge is -2.13. The maximum absolute atomic E-state index is 5.96. The fourth-order valence-corrected chi connectivity index (χ4v) is 2.84. The van der Waals surface area contributed by atoms with E-state index in [1.54, 1.807) is 6.33 Å². The van der Waals surface area contributed by atoms with Crippen LogP contribution in [0.2, 0.25) is 0 Å². The highest BCUT2D eigenvalue weighted by atomic mass is 79.9. The Morgan fingerprint density at radius 2 is 2.04 bits per heavy atom. The number of nitrogens with zero attached hydrogens (tertiary/aromatic N) is 2. The molecular weight excluding hydrogens is 366 g/mol. The van der Waals surface area contributed by atoms with Gasteiger partial charge in [-0.25, -0.2) is 9.97 Å². The Morgan fingerprint density at radius 1 is 1.21 bits per heavy atom. The van der Waals surface area contributed by atoms with Crippen LogP contribution < -0.4 is 10.1 Å². The molecule has 2 rings (SSSR count). The SMILES string of the molecule is CCCCc1ccc(OCCNc2ncnc(C)c2Br)c(CC)c1. The van der Waals surface area contributed by atoms with E-state index in [1.165, 1.54) is 24.0 Å². The van der Waals surface area contributed by atoms with Gasteiger partial charge in [0, 0.05) is 0 Å². The Labute approximate surface area is 153 Å². The minimum Gasteiger partial charge on any atom is -0.491 e. The third-order valence-corrected chi connectivity index (χ3v) is 4.89. The lowest BCUT2D eigenvalue weighted by molar-refractivity contribution is 0.329. The van der Waals surface area contributed by atoms with Crippen LogP contribution in [-0.4, -0.2) is 23.1 Å². The molecule has 0 spiro atoms. The Balaban J connectivity index is 1.88. The maximum Gasteiger partial charge on any atom is 0.144 e. The fourth-order valence-electron chi connectivity index (χ4n) is 2.50. The zero-order valence-electron chi connectivity index (χ0n) is 14.7. The molecule has 0 saturated carbocycles. The highest BCUT2D eigenvalue weighted by Crippen LogP contribution is 2.23. The molecule has 5 heteroatoms. The summed E-state index contributed by atoms with van der Waals surface area (Å²) >= 11 is 3.50. The second-order valence-electron chi connectivity index (χ2n) is 5.80. The summed E-state index contributed by atoms with van der Waals surface area (Å²) in [5, 5.41) is 3.28. The smallest absolute Gasteiger partial charge is 0.144 e. The predicted octanol–water partition coefficient (Wildman–Crippen LogP) is 4.94. The molecule has 1 heterocycles. The number of rotatable bonds is 9. The van der Waals surface area contributed by atoms with Crippen molar-refractivity contribution in [3.63, 3.8) is 0 Å². The quantitative estimate of drug-likeness (QED) is 0.614. The number of hydrogen-bond donors (Lipinski definition) is 1. The highest BCUT2D eigenvalue weighted by molar-refractivity contribution is 9.10. The Bertz CT molecular complexity index is 661. The Morgan fingerprint density at radius 3 is 2.79 bits per heavy atom. The minimum atomic E-state index is 0.594. The van der Waals surface area contributed by atoms with Crippen LogP contribution in [0.3, 0.4) is 0 Å². The van der Waals surface area contributed by atoms with Gasteiger partial charge in [0.1, 0.15) is 24.5 Å². The van der Waals surface area contributed by atoms with Crippen molar-refractivity contribution in [2.24, 2.45) is 0 Å². The van der Waals surface area contributed by atoms with Gasteiger partial charge in [-0.2, -0.15) is 0 Å². The van der Waals surface area contributed by atoms with Crippen molar-refractivity contribution in [1.29, 1.82) is 0 Å². The Kier molecular flexibility index (Phi) is 7.50. The van der Waals surface area contributed by atoms with Gasteiger partial charge < -0.3 is 10.1 Å². The molecule has 0 radical (unpaired) electrons. The monoisotopic (exact) mass is 391 g/mol. The molecule has 0 amide bonds. The van der Waals surface area contributed by atoms with Crippen LogP contribution in [0.15, 0.2) is 29.0 Å². The number of benzene rings is 1. The molecule has 0 aliphatic heterocycles. The van der Waals surface area contributed by atoms with E-state index in [4.69, 9.17) is 4.74 Å². The van der Waals surface area contributed by atoms with E-state index >= 15 is 0 Å². The predicted molar refractivity (Wildman–Crippen MR) is 103 cm³/mol. The van der Waals surface area contributed by atoms with Crippen molar-refractivity contribution in [1.82, 2.24) is 9.97 Å². The number of anilines is 1. The second kappa shape index (κ2) is 9.62. The van der Waals surface area contributed by atoms with Crippen LogP contribution in [0.5, 0.6) is 5.75 Å². The van der Waals surface area contributed by atoms with Crippen LogP contribution in [0.25, 0.3) is 0 Å². The third kappa shape index (κ3) is 5.20. The van der Waals surface area contributed by atoms with Gasteiger partial charge >= 0.3 is 0 Å². The molecule has 0 saturated heterocycles. The largest absolute Gasteiger partial charge is 0.491 e. The van der Waals surface area contributed by atoms with Crippen molar-refractivity contribution in [2.75, 3.05) is 18.5 Å². The number of aryl methyl sites for hydroxylation is 3. The van der Waals surface area contributed by atoms with Crippen LogP contribution in [0.4, 0.5) is 5.82 Å². The van der Waals surface area contributed by atoms with Crippen molar-refractivity contribution in [3.8, 4) is 5.75 Å². The molecule has 24 heavy (non-hydrogen) atoms. The van der Waals surface area contributed by atoms with Gasteiger partial charge in [0.15, 0.2) is 0 Å². The van der Waals surface area contributed by atoms with Gasteiger partial charge in [0.05, 0.1) is 16.7 Å². The van der Waals surface area contributed by atoms with E-state index in [0.717, 1.165) is 34.6 Å². The number of ether oxygens (including phenoxy) is 1. The molecule has 4 nitrogen and oxygen atoms in total. The molecule has 0 bridgehead atoms. The number of aromatic nitrogens is 2. The summed E-state index contributed by atoms with van der Waals surface area (Å²) in [7, 11) is 0. The lowest BCUT2D eigenvalue weighted by Crippen LogP contribution is -2.14. The highest BCUT2D eigenvalue weighted by Gasteiger charge is 2.06. The second-order valence-corrected chi connectivity index (χ2v) is 6.59. The minimum absolute atomic E-state index is 0.594. The van der Waals surface area contributed by atoms with E-state index in [1.807, 2.05) is 6.92 Å². The van der Waals surface area contributed by atoms with Crippen LogP contribution in [0, 0.1) is 6.92 Å². The molecule has 1 aromatic carbocycles. The maximum atomic E-state index is 5.96. The van der Waals surface area contributed by atoms with E-state index < -0.39 is 0 Å². The summed E-state index contributed by atoms with van der Waals surface area (Å²) in [6, 6.07) is 6.57. The van der Waals surface area contributed by atoms with Crippen molar-refractivity contribution in [2.45, 2.75) is 46.5 Å². The molecule has 1 N–H and O–H groups in total. The van der Waals surface area contributed by atoms with Crippen LogP contribution >= 0.6 is 15.9 Å². The van der Waals surface area contributed by atoms with Crippen molar-refractivity contribution in [3.05, 3.63) is 45.8 Å². The number of unbranched alkanes of at least 4 members (excludes halogenated alkanes) is 1. The topological polar surface area (TPSA) is 47.0 Å². The lowest BCUT2D eigenvalue weighted by atomic mass is 10.0. The van der Waals surface area contributed by atoms with Gasteiger partial charge in [-0.1, -0.05) is 32.4 Å². The van der Waals surface area contributed by atoms with E-state index in [2.05, 4.69) is 63.3 Å². The Hall–Kier alpha value is -1.62. The number of hydrogen-bond acceptors (Lipinski definition) is 4. The first-order valence-electron chi connectivity index (χ1n) is 8.61. The van der Waals surface area contributed by atoms with Gasteiger partial charge in [-0.05, 0) is 59.3 Å². The number of halogens is 1. The summed E-state index contributed by atoms with van der Waals surface area (Å²) in [5.41, 5.74) is 3.60. The van der Waals surface area contributed by atoms with Crippen molar-refractivity contribution >= 4 is 21.7 Å². The molecular formula is C19H26BrN3O. The van der Waals surface area contributed by atoms with Crippen molar-refractivity contribution < 1.29 is 4.74 Å². The van der Waals surface area contributed by atoms with Crippen LogP contribution in [0.1, 0.15) is 43.5 Å². The summed E-state index contributed by atoms with van der Waals surface area (Å²) in [4.78, 5) is 8.37. The summed E-state index contributed by atoms with van der Waals surface area (Å²) in [5.74, 6) is 1.79. The molecule has 0 atom stereocenters. The fraction of sp³-hybridized carbons (Fsp3) is 0.474.